The average Bonchev–Trinajstić information content (AvgIpc) is 3.59. The van der Waals surface area contributed by atoms with Crippen molar-refractivity contribution >= 4 is 60.5 Å². The number of rotatable bonds is 6. The molecule has 0 saturated carbocycles. The van der Waals surface area contributed by atoms with Gasteiger partial charge in [0.2, 0.25) is 0 Å². The number of hydrogen-bond acceptors (Lipinski definition) is 2. The molecule has 0 N–H and O–H groups in total. The Hall–Kier alpha value is -6.90. The van der Waals surface area contributed by atoms with E-state index in [0.717, 1.165) is 50.1 Å². The summed E-state index contributed by atoms with van der Waals surface area (Å²) in [5.41, 5.74) is 12.2. The van der Waals surface area contributed by atoms with Gasteiger partial charge in [-0.3, -0.25) is 0 Å². The van der Waals surface area contributed by atoms with E-state index in [1.807, 2.05) is 12.1 Å². The van der Waals surface area contributed by atoms with Crippen LogP contribution in [0.2, 0.25) is 0 Å². The van der Waals surface area contributed by atoms with E-state index in [4.69, 9.17) is 4.42 Å². The molecule has 244 valence electrons. The monoisotopic (exact) mass is 663 g/mol. The van der Waals surface area contributed by atoms with Gasteiger partial charge in [0.25, 0.3) is 0 Å². The van der Waals surface area contributed by atoms with Gasteiger partial charge >= 0.3 is 0 Å². The molecule has 0 aliphatic rings. The van der Waals surface area contributed by atoms with Crippen LogP contribution in [0, 0.1) is 0 Å². The van der Waals surface area contributed by atoms with Gasteiger partial charge < -0.3 is 9.32 Å². The van der Waals surface area contributed by atoms with Crippen LogP contribution in [0.4, 0.5) is 17.1 Å². The number of benzene rings is 9. The lowest BCUT2D eigenvalue weighted by Crippen LogP contribution is -2.11. The Balaban J connectivity index is 1.10. The van der Waals surface area contributed by atoms with Gasteiger partial charge in [0, 0.05) is 27.4 Å². The van der Waals surface area contributed by atoms with Crippen LogP contribution in [-0.4, -0.2) is 0 Å². The fourth-order valence-electron chi connectivity index (χ4n) is 7.67. The molecule has 0 saturated heterocycles. The van der Waals surface area contributed by atoms with Crippen molar-refractivity contribution in [2.24, 2.45) is 0 Å². The first kappa shape index (κ1) is 30.0. The van der Waals surface area contributed by atoms with Crippen LogP contribution >= 0.6 is 0 Å². The lowest BCUT2D eigenvalue weighted by molar-refractivity contribution is 0.669. The number of anilines is 3. The van der Waals surface area contributed by atoms with Crippen molar-refractivity contribution in [1.29, 1.82) is 0 Å². The summed E-state index contributed by atoms with van der Waals surface area (Å²) >= 11 is 0. The van der Waals surface area contributed by atoms with Gasteiger partial charge in [0.1, 0.15) is 11.2 Å². The summed E-state index contributed by atoms with van der Waals surface area (Å²) in [6.07, 6.45) is 0. The topological polar surface area (TPSA) is 16.4 Å². The second-order valence-corrected chi connectivity index (χ2v) is 13.3. The van der Waals surface area contributed by atoms with E-state index in [-0.39, 0.29) is 0 Å². The highest BCUT2D eigenvalue weighted by atomic mass is 16.3. The molecule has 0 aliphatic heterocycles. The van der Waals surface area contributed by atoms with E-state index in [0.29, 0.717) is 0 Å². The lowest BCUT2D eigenvalue weighted by Gasteiger charge is -2.29. The molecule has 0 radical (unpaired) electrons. The van der Waals surface area contributed by atoms with Crippen LogP contribution in [0.3, 0.4) is 0 Å². The maximum atomic E-state index is 6.19. The van der Waals surface area contributed by atoms with Crippen molar-refractivity contribution in [1.82, 2.24) is 0 Å². The highest BCUT2D eigenvalue weighted by molar-refractivity contribution is 6.07. The summed E-state index contributed by atoms with van der Waals surface area (Å²) in [4.78, 5) is 2.41. The quantitative estimate of drug-likeness (QED) is 0.176. The molecule has 0 unspecified atom stereocenters. The third kappa shape index (κ3) is 5.21. The number of para-hydroxylation sites is 2. The Kier molecular flexibility index (Phi) is 7.18. The largest absolute Gasteiger partial charge is 0.456 e. The summed E-state index contributed by atoms with van der Waals surface area (Å²) in [6, 6.07) is 71.9. The molecule has 9 aromatic carbocycles. The predicted octanol–water partition coefficient (Wildman–Crippen LogP) is 14.4. The molecule has 10 aromatic rings. The number of hydrogen-bond donors (Lipinski definition) is 0. The summed E-state index contributed by atoms with van der Waals surface area (Å²) in [7, 11) is 0. The third-order valence-corrected chi connectivity index (χ3v) is 10.2. The molecule has 1 heterocycles. The molecular weight excluding hydrogens is 631 g/mol. The summed E-state index contributed by atoms with van der Waals surface area (Å²) < 4.78 is 6.19. The van der Waals surface area contributed by atoms with Crippen molar-refractivity contribution < 1.29 is 4.42 Å². The first-order valence-corrected chi connectivity index (χ1v) is 17.8. The molecule has 52 heavy (non-hydrogen) atoms. The number of furan rings is 1. The molecule has 0 amide bonds. The standard InChI is InChI=1S/C50H33NO/c1-2-13-37-32-40(24-23-34(37)11-1)39-16-9-15-38(31-39)35-25-28-42(29-26-35)51(48-21-10-14-36-12-3-4-17-43(36)48)47-20-7-5-18-44(47)41-27-30-50-46(33-41)45-19-6-8-22-49(45)52-50/h1-33H. The predicted molar refractivity (Wildman–Crippen MR) is 220 cm³/mol. The SMILES string of the molecule is c1cc(-c2ccc(N(c3ccccc3-c3ccc4oc5ccccc5c4c3)c3cccc4ccccc34)cc2)cc(-c2ccc3ccccc3c2)c1. The third-order valence-electron chi connectivity index (χ3n) is 10.2. The normalized spacial score (nSPS) is 11.5. The molecule has 2 nitrogen and oxygen atoms in total. The zero-order valence-electron chi connectivity index (χ0n) is 28.4. The lowest BCUT2D eigenvalue weighted by atomic mass is 9.96. The van der Waals surface area contributed by atoms with Crippen molar-refractivity contribution in [2.75, 3.05) is 4.90 Å². The highest BCUT2D eigenvalue weighted by Gasteiger charge is 2.20. The van der Waals surface area contributed by atoms with Crippen LogP contribution in [0.15, 0.2) is 205 Å². The van der Waals surface area contributed by atoms with Crippen molar-refractivity contribution in [3.05, 3.63) is 200 Å². The maximum Gasteiger partial charge on any atom is 0.135 e. The van der Waals surface area contributed by atoms with E-state index in [1.165, 1.54) is 43.8 Å². The summed E-state index contributed by atoms with van der Waals surface area (Å²) in [6.45, 7) is 0. The number of nitrogens with zero attached hydrogens (tertiary/aromatic N) is 1. The maximum absolute atomic E-state index is 6.19. The Morgan fingerprint density at radius 1 is 0.308 bits per heavy atom. The van der Waals surface area contributed by atoms with E-state index in [9.17, 15) is 0 Å². The second kappa shape index (κ2) is 12.5. The van der Waals surface area contributed by atoms with Crippen LogP contribution < -0.4 is 4.90 Å². The molecule has 0 bridgehead atoms. The molecule has 10 rings (SSSR count). The Morgan fingerprint density at radius 2 is 0.904 bits per heavy atom. The molecule has 0 atom stereocenters. The minimum absolute atomic E-state index is 0.897. The Labute approximate surface area is 302 Å². The Morgan fingerprint density at radius 3 is 1.79 bits per heavy atom. The van der Waals surface area contributed by atoms with Crippen LogP contribution in [0.25, 0.3) is 76.9 Å². The van der Waals surface area contributed by atoms with Gasteiger partial charge in [-0.15, -0.1) is 0 Å². The minimum atomic E-state index is 0.897. The highest BCUT2D eigenvalue weighted by Crippen LogP contribution is 2.44. The van der Waals surface area contributed by atoms with Gasteiger partial charge in [0.05, 0.1) is 11.4 Å². The summed E-state index contributed by atoms with van der Waals surface area (Å²) in [5, 5.41) is 7.16. The molecule has 0 spiro atoms. The van der Waals surface area contributed by atoms with Crippen molar-refractivity contribution in [2.45, 2.75) is 0 Å². The van der Waals surface area contributed by atoms with Gasteiger partial charge in [-0.25, -0.2) is 0 Å². The zero-order valence-corrected chi connectivity index (χ0v) is 28.4. The zero-order chi connectivity index (χ0) is 34.4. The van der Waals surface area contributed by atoms with Crippen LogP contribution in [0.1, 0.15) is 0 Å². The van der Waals surface area contributed by atoms with Gasteiger partial charge in [-0.1, -0.05) is 146 Å². The summed E-state index contributed by atoms with van der Waals surface area (Å²) in [5.74, 6) is 0. The molecule has 2 heteroatoms. The van der Waals surface area contributed by atoms with E-state index in [2.05, 4.69) is 193 Å². The molecule has 0 aliphatic carbocycles. The van der Waals surface area contributed by atoms with E-state index in [1.54, 1.807) is 0 Å². The Bertz CT molecular complexity index is 2910. The average molecular weight is 664 g/mol. The fraction of sp³-hybridized carbons (Fsp3) is 0. The van der Waals surface area contributed by atoms with Gasteiger partial charge in [0.15, 0.2) is 0 Å². The van der Waals surface area contributed by atoms with Gasteiger partial charge in [-0.05, 0) is 98.6 Å². The first-order valence-electron chi connectivity index (χ1n) is 17.8. The first-order chi connectivity index (χ1) is 25.8. The van der Waals surface area contributed by atoms with Crippen LogP contribution in [-0.2, 0) is 0 Å². The van der Waals surface area contributed by atoms with Crippen molar-refractivity contribution in [3.8, 4) is 33.4 Å². The molecular formula is C50H33NO. The second-order valence-electron chi connectivity index (χ2n) is 13.3. The molecule has 0 fully saturated rings. The fourth-order valence-corrected chi connectivity index (χ4v) is 7.67. The smallest absolute Gasteiger partial charge is 0.135 e. The van der Waals surface area contributed by atoms with Crippen molar-refractivity contribution in [3.63, 3.8) is 0 Å². The van der Waals surface area contributed by atoms with Gasteiger partial charge in [-0.2, -0.15) is 0 Å². The van der Waals surface area contributed by atoms with E-state index < -0.39 is 0 Å². The van der Waals surface area contributed by atoms with Crippen LogP contribution in [0.5, 0.6) is 0 Å². The minimum Gasteiger partial charge on any atom is -0.456 e. The molecule has 1 aromatic heterocycles. The van der Waals surface area contributed by atoms with E-state index >= 15 is 0 Å². The number of fused-ring (bicyclic) bond motifs is 5.